The van der Waals surface area contributed by atoms with Gasteiger partial charge < -0.3 is 20.1 Å². The zero-order valence-electron chi connectivity index (χ0n) is 18.2. The number of carbonyl (C=O) groups is 2. The van der Waals surface area contributed by atoms with Crippen molar-refractivity contribution < 1.29 is 19.1 Å². The molecule has 1 aromatic carbocycles. The van der Waals surface area contributed by atoms with Crippen molar-refractivity contribution in [3.05, 3.63) is 55.1 Å². The van der Waals surface area contributed by atoms with E-state index in [0.717, 1.165) is 43.4 Å². The van der Waals surface area contributed by atoms with Gasteiger partial charge in [-0.25, -0.2) is 0 Å². The first-order valence-corrected chi connectivity index (χ1v) is 11.2. The molecule has 0 radical (unpaired) electrons. The van der Waals surface area contributed by atoms with E-state index in [1.807, 2.05) is 24.3 Å². The predicted octanol–water partition coefficient (Wildman–Crippen LogP) is 3.32. The lowest BCUT2D eigenvalue weighted by Crippen LogP contribution is -2.62. The lowest BCUT2D eigenvalue weighted by atomic mass is 9.90. The highest BCUT2D eigenvalue weighted by molar-refractivity contribution is 5.97. The van der Waals surface area contributed by atoms with Gasteiger partial charge in [-0.3, -0.25) is 9.59 Å². The fourth-order valence-electron chi connectivity index (χ4n) is 4.38. The van der Waals surface area contributed by atoms with Crippen LogP contribution in [-0.2, 0) is 20.7 Å². The fraction of sp³-hybridized carbons (Fsp3) is 0.520. The Bertz CT molecular complexity index is 761. The fourth-order valence-corrected chi connectivity index (χ4v) is 4.38. The van der Waals surface area contributed by atoms with E-state index in [-0.39, 0.29) is 17.9 Å². The quantitative estimate of drug-likeness (QED) is 0.445. The molecule has 168 valence electrons. The zero-order valence-corrected chi connectivity index (χ0v) is 18.2. The van der Waals surface area contributed by atoms with Gasteiger partial charge in [0.05, 0.1) is 12.7 Å². The first-order chi connectivity index (χ1) is 15.1. The van der Waals surface area contributed by atoms with Crippen LogP contribution in [0.1, 0.15) is 44.1 Å². The second-order valence-electron chi connectivity index (χ2n) is 8.42. The van der Waals surface area contributed by atoms with Crippen LogP contribution < -0.4 is 15.4 Å². The third-order valence-electron chi connectivity index (χ3n) is 6.05. The zero-order chi connectivity index (χ0) is 22.1. The Morgan fingerprint density at radius 1 is 0.903 bits per heavy atom. The van der Waals surface area contributed by atoms with E-state index in [1.54, 1.807) is 12.2 Å². The molecule has 1 aliphatic heterocycles. The molecule has 1 aromatic rings. The highest BCUT2D eigenvalue weighted by Crippen LogP contribution is 2.29. The van der Waals surface area contributed by atoms with Crippen LogP contribution in [0.3, 0.4) is 0 Å². The molecule has 2 amide bonds. The molecule has 0 aromatic heterocycles. The molecule has 0 spiro atoms. The van der Waals surface area contributed by atoms with E-state index >= 15 is 0 Å². The van der Waals surface area contributed by atoms with Crippen LogP contribution in [0.4, 0.5) is 0 Å². The van der Waals surface area contributed by atoms with E-state index in [4.69, 9.17) is 9.47 Å². The number of nitrogens with one attached hydrogen (secondary N) is 2. The summed E-state index contributed by atoms with van der Waals surface area (Å²) in [6.45, 7) is 8.37. The molecule has 1 aliphatic carbocycles. The smallest absolute Gasteiger partial charge is 0.243 e. The second-order valence-corrected chi connectivity index (χ2v) is 8.42. The summed E-state index contributed by atoms with van der Waals surface area (Å²) in [4.78, 5) is 25.3. The van der Waals surface area contributed by atoms with E-state index in [2.05, 4.69) is 23.8 Å². The Kier molecular flexibility index (Phi) is 8.71. The second kappa shape index (κ2) is 11.7. The Labute approximate surface area is 185 Å². The van der Waals surface area contributed by atoms with E-state index in [1.165, 1.54) is 0 Å². The van der Waals surface area contributed by atoms with Gasteiger partial charge in [-0.2, -0.15) is 0 Å². The molecule has 31 heavy (non-hydrogen) atoms. The van der Waals surface area contributed by atoms with Crippen molar-refractivity contribution in [2.45, 2.75) is 63.1 Å². The van der Waals surface area contributed by atoms with Crippen LogP contribution >= 0.6 is 0 Å². The maximum Gasteiger partial charge on any atom is 0.243 e. The van der Waals surface area contributed by atoms with Crippen LogP contribution in [0.15, 0.2) is 49.6 Å². The number of amides is 2. The highest BCUT2D eigenvalue weighted by atomic mass is 16.5. The third kappa shape index (κ3) is 6.96. The van der Waals surface area contributed by atoms with Crippen molar-refractivity contribution in [2.75, 3.05) is 13.2 Å². The molecule has 0 bridgehead atoms. The summed E-state index contributed by atoms with van der Waals surface area (Å²) in [5.74, 6) is 0.978. The minimum atomic E-state index is -0.547. The van der Waals surface area contributed by atoms with Crippen LogP contribution in [0.5, 0.6) is 5.75 Å². The molecular formula is C25H34N2O4. The first kappa shape index (κ1) is 23.1. The average Bonchev–Trinajstić information content (AvgIpc) is 3.00. The van der Waals surface area contributed by atoms with Gasteiger partial charge >= 0.3 is 0 Å². The Morgan fingerprint density at radius 2 is 1.61 bits per heavy atom. The summed E-state index contributed by atoms with van der Waals surface area (Å²) in [5.41, 5.74) is 0.971. The van der Waals surface area contributed by atoms with Gasteiger partial charge in [-0.1, -0.05) is 43.7 Å². The van der Waals surface area contributed by atoms with Crippen molar-refractivity contribution in [1.82, 2.24) is 10.6 Å². The molecule has 1 saturated heterocycles. The van der Waals surface area contributed by atoms with Crippen molar-refractivity contribution in [3.8, 4) is 5.75 Å². The van der Waals surface area contributed by atoms with Gasteiger partial charge in [0.2, 0.25) is 11.8 Å². The first-order valence-electron chi connectivity index (χ1n) is 11.2. The van der Waals surface area contributed by atoms with Gasteiger partial charge in [0.25, 0.3) is 0 Å². The van der Waals surface area contributed by atoms with Crippen molar-refractivity contribution in [1.29, 1.82) is 0 Å². The summed E-state index contributed by atoms with van der Waals surface area (Å²) in [6, 6.07) is 6.56. The maximum absolute atomic E-state index is 12.7. The number of piperazine rings is 1. The summed E-state index contributed by atoms with van der Waals surface area (Å²) in [6.07, 6.45) is 10.1. The van der Waals surface area contributed by atoms with Crippen LogP contribution in [-0.4, -0.2) is 43.2 Å². The molecule has 6 heteroatoms. The lowest BCUT2D eigenvalue weighted by molar-refractivity contribution is -0.137. The van der Waals surface area contributed by atoms with Gasteiger partial charge in [0, 0.05) is 6.42 Å². The number of ether oxygens (including phenoxy) is 2. The molecule has 4 atom stereocenters. The third-order valence-corrected chi connectivity index (χ3v) is 6.05. The van der Waals surface area contributed by atoms with Gasteiger partial charge in [-0.05, 0) is 49.3 Å². The molecule has 1 heterocycles. The normalized spacial score (nSPS) is 26.3. The minimum absolute atomic E-state index is 0.0840. The molecule has 2 N–H and O–H groups in total. The molecule has 3 unspecified atom stereocenters. The highest BCUT2D eigenvalue weighted by Gasteiger charge is 2.35. The molecule has 1 saturated carbocycles. The lowest BCUT2D eigenvalue weighted by Gasteiger charge is -2.31. The van der Waals surface area contributed by atoms with Crippen LogP contribution in [0, 0.1) is 5.92 Å². The summed E-state index contributed by atoms with van der Waals surface area (Å²) >= 11 is 0. The van der Waals surface area contributed by atoms with Crippen LogP contribution in [0.25, 0.3) is 0 Å². The number of rotatable bonds is 10. The molecule has 2 fully saturated rings. The maximum atomic E-state index is 12.7. The van der Waals surface area contributed by atoms with Crippen molar-refractivity contribution >= 4 is 11.8 Å². The Balaban J connectivity index is 1.48. The Morgan fingerprint density at radius 3 is 2.35 bits per heavy atom. The number of hydrogen-bond acceptors (Lipinski definition) is 4. The van der Waals surface area contributed by atoms with Gasteiger partial charge in [-0.15, -0.1) is 6.58 Å². The van der Waals surface area contributed by atoms with Crippen molar-refractivity contribution in [3.63, 3.8) is 0 Å². The SMILES string of the molecule is C=CCOc1ccc(C[C@@H]2NC(=O)C(CC3CCCC(OCC=C)CC3)NC2=O)cc1. The monoisotopic (exact) mass is 426 g/mol. The molecular weight excluding hydrogens is 392 g/mol. The Hall–Kier alpha value is -2.60. The van der Waals surface area contributed by atoms with Crippen molar-refractivity contribution in [2.24, 2.45) is 5.92 Å². The average molecular weight is 427 g/mol. The molecule has 6 nitrogen and oxygen atoms in total. The topological polar surface area (TPSA) is 76.7 Å². The summed E-state index contributed by atoms with van der Waals surface area (Å²) < 4.78 is 11.3. The van der Waals surface area contributed by atoms with Gasteiger partial charge in [0.15, 0.2) is 0 Å². The van der Waals surface area contributed by atoms with E-state index in [0.29, 0.717) is 32.0 Å². The number of benzene rings is 1. The minimum Gasteiger partial charge on any atom is -0.490 e. The predicted molar refractivity (Wildman–Crippen MR) is 121 cm³/mol. The summed E-state index contributed by atoms with van der Waals surface area (Å²) in [5, 5.41) is 5.88. The molecule has 3 rings (SSSR count). The number of carbonyl (C=O) groups excluding carboxylic acids is 2. The van der Waals surface area contributed by atoms with Crippen LogP contribution in [0.2, 0.25) is 0 Å². The summed E-state index contributed by atoms with van der Waals surface area (Å²) in [7, 11) is 0. The van der Waals surface area contributed by atoms with E-state index in [9.17, 15) is 9.59 Å². The van der Waals surface area contributed by atoms with Gasteiger partial charge in [0.1, 0.15) is 24.4 Å². The standard InChI is InChI=1S/C25H34N2O4/c1-3-14-30-20-7-5-6-18(8-11-20)16-22-24(28)27-23(25(29)26-22)17-19-9-12-21(13-10-19)31-15-4-2/h3-4,9-10,12-13,18,20,22-23H,1-2,5-8,11,14-17H2,(H,26,29)(H,27,28)/t18?,20?,22?,23-/m0/s1. The largest absolute Gasteiger partial charge is 0.490 e. The number of hydrogen-bond donors (Lipinski definition) is 2. The molecule has 2 aliphatic rings. The van der Waals surface area contributed by atoms with E-state index < -0.39 is 12.1 Å².